The molecule has 106 valence electrons. The Kier molecular flexibility index (Phi) is 3.98. The first-order valence-electron chi connectivity index (χ1n) is 6.93. The summed E-state index contributed by atoms with van der Waals surface area (Å²) in [5.74, 6) is -0.0781. The summed E-state index contributed by atoms with van der Waals surface area (Å²) < 4.78 is 0. The second-order valence-electron chi connectivity index (χ2n) is 4.90. The van der Waals surface area contributed by atoms with Crippen LogP contribution < -0.4 is 16.2 Å². The number of rotatable bonds is 4. The van der Waals surface area contributed by atoms with Gasteiger partial charge in [-0.2, -0.15) is 0 Å². The molecule has 2 aromatic carbocycles. The average molecular weight is 279 g/mol. The summed E-state index contributed by atoms with van der Waals surface area (Å²) in [6.45, 7) is 0.650. The minimum Gasteiger partial charge on any atom is -0.298 e. The van der Waals surface area contributed by atoms with Crippen LogP contribution >= 0.6 is 0 Å². The maximum Gasteiger partial charge on any atom is 0.259 e. The van der Waals surface area contributed by atoms with Gasteiger partial charge in [-0.25, -0.2) is 0 Å². The zero-order valence-corrected chi connectivity index (χ0v) is 11.5. The fourth-order valence-electron chi connectivity index (χ4n) is 2.25. The van der Waals surface area contributed by atoms with E-state index in [2.05, 4.69) is 16.2 Å². The normalized spacial score (nSPS) is 17.6. The molecule has 21 heavy (non-hydrogen) atoms. The molecule has 3 N–H and O–H groups in total. The Hall–Kier alpha value is -2.59. The van der Waals surface area contributed by atoms with E-state index in [9.17, 15) is 4.79 Å². The summed E-state index contributed by atoms with van der Waals surface area (Å²) >= 11 is 0. The van der Waals surface area contributed by atoms with Crippen LogP contribution in [0, 0.1) is 0 Å². The van der Waals surface area contributed by atoms with Gasteiger partial charge in [-0.3, -0.25) is 21.0 Å². The molecule has 4 heteroatoms. The van der Waals surface area contributed by atoms with E-state index in [1.807, 2.05) is 66.7 Å². The molecule has 0 fully saturated rings. The van der Waals surface area contributed by atoms with Crippen LogP contribution in [0.25, 0.3) is 5.70 Å². The van der Waals surface area contributed by atoms with E-state index in [1.54, 1.807) is 0 Å². The van der Waals surface area contributed by atoms with Crippen molar-refractivity contribution in [3.05, 3.63) is 77.9 Å². The molecule has 1 amide bonds. The summed E-state index contributed by atoms with van der Waals surface area (Å²) in [5.41, 5.74) is 8.73. The zero-order valence-electron chi connectivity index (χ0n) is 11.5. The molecule has 0 saturated carbocycles. The molecule has 1 unspecified atom stereocenters. The van der Waals surface area contributed by atoms with Crippen LogP contribution in [-0.2, 0) is 11.3 Å². The van der Waals surface area contributed by atoms with E-state index >= 15 is 0 Å². The van der Waals surface area contributed by atoms with Gasteiger partial charge >= 0.3 is 0 Å². The molecular formula is C17H17N3O. The fourth-order valence-corrected chi connectivity index (χ4v) is 2.25. The SMILES string of the molecule is O=C1NNC(c2ccccc2)=CC1NCc1ccccc1. The minimum absolute atomic E-state index is 0.0781. The second kappa shape index (κ2) is 6.24. The Labute approximate surface area is 123 Å². The summed E-state index contributed by atoms with van der Waals surface area (Å²) in [5, 5.41) is 3.26. The van der Waals surface area contributed by atoms with Crippen LogP contribution in [-0.4, -0.2) is 11.9 Å². The third-order valence-electron chi connectivity index (χ3n) is 3.39. The Morgan fingerprint density at radius 1 is 0.905 bits per heavy atom. The standard InChI is InChI=1S/C17H17N3O/c21-17-16(18-12-13-7-3-1-4-8-13)11-15(19-20-17)14-9-5-2-6-10-14/h1-11,16,18-19H,12H2,(H,20,21). The largest absolute Gasteiger partial charge is 0.298 e. The van der Waals surface area contributed by atoms with Crippen molar-refractivity contribution < 1.29 is 4.79 Å². The third-order valence-corrected chi connectivity index (χ3v) is 3.39. The highest BCUT2D eigenvalue weighted by Gasteiger charge is 2.21. The average Bonchev–Trinajstić information content (AvgIpc) is 2.56. The van der Waals surface area contributed by atoms with Crippen LogP contribution in [0.5, 0.6) is 0 Å². The minimum atomic E-state index is -0.346. The van der Waals surface area contributed by atoms with Gasteiger partial charge in [-0.05, 0) is 17.2 Å². The maximum atomic E-state index is 11.9. The van der Waals surface area contributed by atoms with Crippen LogP contribution in [0.4, 0.5) is 0 Å². The number of benzene rings is 2. The quantitative estimate of drug-likeness (QED) is 0.800. The molecule has 0 radical (unpaired) electrons. The van der Waals surface area contributed by atoms with E-state index in [0.29, 0.717) is 6.54 Å². The van der Waals surface area contributed by atoms with Crippen molar-refractivity contribution in [3.63, 3.8) is 0 Å². The first kappa shape index (κ1) is 13.4. The van der Waals surface area contributed by atoms with Crippen molar-refractivity contribution in [3.8, 4) is 0 Å². The van der Waals surface area contributed by atoms with Gasteiger partial charge in [0, 0.05) is 6.54 Å². The van der Waals surface area contributed by atoms with Crippen molar-refractivity contribution in [1.29, 1.82) is 0 Å². The summed E-state index contributed by atoms with van der Waals surface area (Å²) in [7, 11) is 0. The Morgan fingerprint density at radius 2 is 1.57 bits per heavy atom. The predicted octanol–water partition coefficient (Wildman–Crippen LogP) is 1.82. The Morgan fingerprint density at radius 3 is 2.29 bits per heavy atom. The third kappa shape index (κ3) is 3.30. The van der Waals surface area contributed by atoms with Gasteiger partial charge in [0.2, 0.25) is 0 Å². The second-order valence-corrected chi connectivity index (χ2v) is 4.90. The first-order valence-corrected chi connectivity index (χ1v) is 6.93. The van der Waals surface area contributed by atoms with Gasteiger partial charge in [0.1, 0.15) is 6.04 Å². The van der Waals surface area contributed by atoms with E-state index < -0.39 is 0 Å². The maximum absolute atomic E-state index is 11.9. The van der Waals surface area contributed by atoms with Crippen molar-refractivity contribution in [1.82, 2.24) is 16.2 Å². The van der Waals surface area contributed by atoms with Gasteiger partial charge in [0.25, 0.3) is 5.91 Å². The molecule has 0 saturated heterocycles. The molecule has 0 spiro atoms. The van der Waals surface area contributed by atoms with Crippen molar-refractivity contribution in [2.45, 2.75) is 12.6 Å². The molecule has 4 nitrogen and oxygen atoms in total. The number of carbonyl (C=O) groups is 1. The predicted molar refractivity (Wildman–Crippen MR) is 82.8 cm³/mol. The van der Waals surface area contributed by atoms with E-state index in [0.717, 1.165) is 16.8 Å². The molecule has 1 heterocycles. The molecule has 0 bridgehead atoms. The topological polar surface area (TPSA) is 53.2 Å². The van der Waals surface area contributed by atoms with Gasteiger partial charge in [-0.15, -0.1) is 0 Å². The lowest BCUT2D eigenvalue weighted by molar-refractivity contribution is -0.123. The molecule has 1 atom stereocenters. The van der Waals surface area contributed by atoms with Crippen molar-refractivity contribution in [2.75, 3.05) is 0 Å². The first-order chi connectivity index (χ1) is 10.3. The Bertz CT molecular complexity index is 638. The van der Waals surface area contributed by atoms with Gasteiger partial charge in [0.15, 0.2) is 0 Å². The van der Waals surface area contributed by atoms with Crippen LogP contribution in [0.3, 0.4) is 0 Å². The van der Waals surface area contributed by atoms with Crippen LogP contribution in [0.15, 0.2) is 66.7 Å². The van der Waals surface area contributed by atoms with E-state index in [4.69, 9.17) is 0 Å². The molecule has 1 aliphatic rings. The zero-order chi connectivity index (χ0) is 14.5. The number of hydrogen-bond acceptors (Lipinski definition) is 3. The molecule has 2 aromatic rings. The van der Waals surface area contributed by atoms with Gasteiger partial charge in [0.05, 0.1) is 5.70 Å². The smallest absolute Gasteiger partial charge is 0.259 e. The number of carbonyl (C=O) groups excluding carboxylic acids is 1. The van der Waals surface area contributed by atoms with E-state index in [-0.39, 0.29) is 11.9 Å². The van der Waals surface area contributed by atoms with Gasteiger partial charge < -0.3 is 0 Å². The number of nitrogens with one attached hydrogen (secondary N) is 3. The molecule has 3 rings (SSSR count). The Balaban J connectivity index is 1.72. The number of hydrogen-bond donors (Lipinski definition) is 3. The lowest BCUT2D eigenvalue weighted by atomic mass is 10.1. The lowest BCUT2D eigenvalue weighted by Gasteiger charge is -2.24. The van der Waals surface area contributed by atoms with Crippen LogP contribution in [0.2, 0.25) is 0 Å². The van der Waals surface area contributed by atoms with E-state index in [1.165, 1.54) is 0 Å². The molecular weight excluding hydrogens is 262 g/mol. The van der Waals surface area contributed by atoms with Crippen molar-refractivity contribution in [2.24, 2.45) is 0 Å². The monoisotopic (exact) mass is 279 g/mol. The lowest BCUT2D eigenvalue weighted by Crippen LogP contribution is -2.51. The highest BCUT2D eigenvalue weighted by Crippen LogP contribution is 2.13. The summed E-state index contributed by atoms with van der Waals surface area (Å²) in [6, 6.07) is 19.6. The highest BCUT2D eigenvalue weighted by atomic mass is 16.2. The van der Waals surface area contributed by atoms with Gasteiger partial charge in [-0.1, -0.05) is 60.7 Å². The fraction of sp³-hybridized carbons (Fsp3) is 0.118. The summed E-state index contributed by atoms with van der Waals surface area (Å²) in [6.07, 6.45) is 1.91. The summed E-state index contributed by atoms with van der Waals surface area (Å²) in [4.78, 5) is 11.9. The van der Waals surface area contributed by atoms with Crippen molar-refractivity contribution >= 4 is 11.6 Å². The number of amides is 1. The number of hydrazine groups is 1. The molecule has 0 aromatic heterocycles. The highest BCUT2D eigenvalue weighted by molar-refractivity contribution is 5.89. The molecule has 0 aliphatic carbocycles. The van der Waals surface area contributed by atoms with Crippen LogP contribution in [0.1, 0.15) is 11.1 Å². The molecule has 1 aliphatic heterocycles.